The molecule has 3 rings (SSSR count). The maximum absolute atomic E-state index is 11.8. The molecule has 1 aromatic heterocycles. The maximum atomic E-state index is 11.8. The average Bonchev–Trinajstić information content (AvgIpc) is 3.05. The number of aryl methyl sites for hydroxylation is 1. The Kier molecular flexibility index (Phi) is 5.07. The van der Waals surface area contributed by atoms with Crippen LogP contribution in [0.1, 0.15) is 16.1 Å². The van der Waals surface area contributed by atoms with E-state index in [1.807, 2.05) is 0 Å². The number of imide groups is 1. The van der Waals surface area contributed by atoms with Crippen LogP contribution in [0, 0.1) is 6.92 Å². The summed E-state index contributed by atoms with van der Waals surface area (Å²) < 4.78 is 20.5. The fourth-order valence-corrected chi connectivity index (χ4v) is 2.22. The van der Waals surface area contributed by atoms with Gasteiger partial charge in [0.05, 0.1) is 6.26 Å². The maximum Gasteiger partial charge on any atom is 0.375 e. The molecule has 0 radical (unpaired) electrons. The lowest BCUT2D eigenvalue weighted by molar-refractivity contribution is -0.123. The summed E-state index contributed by atoms with van der Waals surface area (Å²) >= 11 is 0. The molecule has 0 fully saturated rings. The summed E-state index contributed by atoms with van der Waals surface area (Å²) in [6, 6.07) is 5.67. The van der Waals surface area contributed by atoms with Crippen molar-refractivity contribution in [2.45, 2.75) is 6.92 Å². The Labute approximate surface area is 148 Å². The SMILES string of the molecule is Cc1ccoc1C(=O)OCC(=O)NC(=O)Nc1ccc2c(c1)OCCO2. The van der Waals surface area contributed by atoms with Crippen LogP contribution < -0.4 is 20.1 Å². The lowest BCUT2D eigenvalue weighted by Crippen LogP contribution is -2.37. The molecular weight excluding hydrogens is 344 g/mol. The fraction of sp³-hybridized carbons (Fsp3) is 0.235. The van der Waals surface area contributed by atoms with Crippen molar-refractivity contribution < 1.29 is 33.0 Å². The first-order valence-corrected chi connectivity index (χ1v) is 7.74. The van der Waals surface area contributed by atoms with Gasteiger partial charge < -0.3 is 23.9 Å². The van der Waals surface area contributed by atoms with Crippen molar-refractivity contribution in [1.82, 2.24) is 5.32 Å². The Morgan fingerprint density at radius 2 is 1.88 bits per heavy atom. The number of furan rings is 1. The van der Waals surface area contributed by atoms with Gasteiger partial charge in [0.15, 0.2) is 18.1 Å². The van der Waals surface area contributed by atoms with Crippen LogP contribution >= 0.6 is 0 Å². The molecule has 0 spiro atoms. The van der Waals surface area contributed by atoms with Crippen LogP contribution in [0.2, 0.25) is 0 Å². The summed E-state index contributed by atoms with van der Waals surface area (Å²) in [7, 11) is 0. The zero-order valence-electron chi connectivity index (χ0n) is 13.9. The van der Waals surface area contributed by atoms with Gasteiger partial charge >= 0.3 is 12.0 Å². The molecule has 9 heteroatoms. The van der Waals surface area contributed by atoms with Crippen molar-refractivity contribution in [3.05, 3.63) is 41.9 Å². The van der Waals surface area contributed by atoms with Crippen molar-refractivity contribution in [2.75, 3.05) is 25.1 Å². The summed E-state index contributed by atoms with van der Waals surface area (Å²) in [6.45, 7) is 1.93. The Balaban J connectivity index is 1.48. The van der Waals surface area contributed by atoms with Crippen LogP contribution in [-0.2, 0) is 9.53 Å². The molecule has 0 saturated heterocycles. The molecule has 1 aliphatic rings. The van der Waals surface area contributed by atoms with E-state index in [1.54, 1.807) is 31.2 Å². The number of esters is 1. The molecule has 0 bridgehead atoms. The average molecular weight is 360 g/mol. The van der Waals surface area contributed by atoms with E-state index in [1.165, 1.54) is 6.26 Å². The minimum atomic E-state index is -0.783. The number of nitrogens with one attached hydrogen (secondary N) is 2. The summed E-state index contributed by atoms with van der Waals surface area (Å²) in [4.78, 5) is 35.3. The van der Waals surface area contributed by atoms with Crippen molar-refractivity contribution >= 4 is 23.6 Å². The van der Waals surface area contributed by atoms with Crippen LogP contribution in [-0.4, -0.2) is 37.7 Å². The molecule has 3 amide bonds. The summed E-state index contributed by atoms with van der Waals surface area (Å²) in [5, 5.41) is 4.54. The van der Waals surface area contributed by atoms with Gasteiger partial charge in [0, 0.05) is 17.3 Å². The molecule has 9 nitrogen and oxygen atoms in total. The molecule has 26 heavy (non-hydrogen) atoms. The fourth-order valence-electron chi connectivity index (χ4n) is 2.22. The molecule has 2 N–H and O–H groups in total. The second kappa shape index (κ2) is 7.60. The lowest BCUT2D eigenvalue weighted by atomic mass is 10.2. The van der Waals surface area contributed by atoms with Gasteiger partial charge in [0.25, 0.3) is 5.91 Å². The topological polar surface area (TPSA) is 116 Å². The molecule has 2 heterocycles. The van der Waals surface area contributed by atoms with E-state index in [9.17, 15) is 14.4 Å². The minimum Gasteiger partial charge on any atom is -0.486 e. The number of benzene rings is 1. The van der Waals surface area contributed by atoms with E-state index < -0.39 is 24.5 Å². The van der Waals surface area contributed by atoms with Crippen LogP contribution in [0.25, 0.3) is 0 Å². The predicted octanol–water partition coefficient (Wildman–Crippen LogP) is 1.86. The number of carbonyl (C=O) groups is 3. The van der Waals surface area contributed by atoms with Crippen molar-refractivity contribution in [2.24, 2.45) is 0 Å². The highest BCUT2D eigenvalue weighted by atomic mass is 16.6. The summed E-state index contributed by atoms with van der Waals surface area (Å²) in [5.74, 6) is -0.465. The number of anilines is 1. The second-order valence-electron chi connectivity index (χ2n) is 5.37. The highest BCUT2D eigenvalue weighted by molar-refractivity contribution is 6.02. The normalized spacial score (nSPS) is 12.2. The van der Waals surface area contributed by atoms with Gasteiger partial charge in [0.2, 0.25) is 5.76 Å². The smallest absolute Gasteiger partial charge is 0.375 e. The molecular formula is C17H16N2O7. The molecule has 0 unspecified atom stereocenters. The minimum absolute atomic E-state index is 0.0125. The first kappa shape index (κ1) is 17.3. The predicted molar refractivity (Wildman–Crippen MR) is 88.3 cm³/mol. The number of amides is 3. The van der Waals surface area contributed by atoms with Crippen LogP contribution in [0.15, 0.2) is 34.9 Å². The molecule has 1 aromatic carbocycles. The first-order chi connectivity index (χ1) is 12.5. The molecule has 1 aliphatic heterocycles. The zero-order chi connectivity index (χ0) is 18.5. The third kappa shape index (κ3) is 4.12. The van der Waals surface area contributed by atoms with E-state index in [0.29, 0.717) is 36.0 Å². The Bertz CT molecular complexity index is 843. The van der Waals surface area contributed by atoms with E-state index in [0.717, 1.165) is 0 Å². The third-order valence-electron chi connectivity index (χ3n) is 3.43. The number of fused-ring (bicyclic) bond motifs is 1. The summed E-state index contributed by atoms with van der Waals surface area (Å²) in [5.41, 5.74) is 1.01. The van der Waals surface area contributed by atoms with Crippen LogP contribution in [0.5, 0.6) is 11.5 Å². The monoisotopic (exact) mass is 360 g/mol. The van der Waals surface area contributed by atoms with Gasteiger partial charge in [-0.25, -0.2) is 9.59 Å². The highest BCUT2D eigenvalue weighted by Crippen LogP contribution is 2.32. The largest absolute Gasteiger partial charge is 0.486 e. The number of rotatable bonds is 4. The van der Waals surface area contributed by atoms with Crippen molar-refractivity contribution in [1.29, 1.82) is 0 Å². The van der Waals surface area contributed by atoms with E-state index >= 15 is 0 Å². The summed E-state index contributed by atoms with van der Waals surface area (Å²) in [6.07, 6.45) is 1.34. The third-order valence-corrected chi connectivity index (χ3v) is 3.43. The number of hydrogen-bond donors (Lipinski definition) is 2. The van der Waals surface area contributed by atoms with Gasteiger partial charge in [-0.2, -0.15) is 0 Å². The number of hydrogen-bond acceptors (Lipinski definition) is 7. The molecule has 136 valence electrons. The van der Waals surface area contributed by atoms with Crippen molar-refractivity contribution in [3.63, 3.8) is 0 Å². The van der Waals surface area contributed by atoms with Gasteiger partial charge in [0.1, 0.15) is 13.2 Å². The Morgan fingerprint density at radius 1 is 1.12 bits per heavy atom. The Morgan fingerprint density at radius 3 is 2.62 bits per heavy atom. The zero-order valence-corrected chi connectivity index (χ0v) is 13.9. The highest BCUT2D eigenvalue weighted by Gasteiger charge is 2.17. The second-order valence-corrected chi connectivity index (χ2v) is 5.37. The molecule has 2 aromatic rings. The molecule has 0 saturated carbocycles. The van der Waals surface area contributed by atoms with Crippen LogP contribution in [0.3, 0.4) is 0 Å². The van der Waals surface area contributed by atoms with Gasteiger partial charge in [-0.15, -0.1) is 0 Å². The quantitative estimate of drug-likeness (QED) is 0.800. The lowest BCUT2D eigenvalue weighted by Gasteiger charge is -2.19. The molecule has 0 atom stereocenters. The number of ether oxygens (including phenoxy) is 3. The Hall–Kier alpha value is -3.49. The van der Waals surface area contributed by atoms with Gasteiger partial charge in [-0.3, -0.25) is 10.1 Å². The van der Waals surface area contributed by atoms with E-state index in [4.69, 9.17) is 18.6 Å². The number of carbonyl (C=O) groups excluding carboxylic acids is 3. The van der Waals surface area contributed by atoms with E-state index in [2.05, 4.69) is 10.6 Å². The number of urea groups is 1. The standard InChI is InChI=1S/C17H16N2O7/c1-10-4-5-25-15(10)16(21)26-9-14(20)19-17(22)18-11-2-3-12-13(8-11)24-7-6-23-12/h2-5,8H,6-7,9H2,1H3,(H2,18,19,20,22). The van der Waals surface area contributed by atoms with Crippen molar-refractivity contribution in [3.8, 4) is 11.5 Å². The first-order valence-electron chi connectivity index (χ1n) is 7.74. The van der Waals surface area contributed by atoms with Crippen LogP contribution in [0.4, 0.5) is 10.5 Å². The van der Waals surface area contributed by atoms with Gasteiger partial charge in [-0.1, -0.05) is 0 Å². The van der Waals surface area contributed by atoms with Gasteiger partial charge in [-0.05, 0) is 25.1 Å². The van der Waals surface area contributed by atoms with E-state index in [-0.39, 0.29) is 5.76 Å². The molecule has 0 aliphatic carbocycles.